The van der Waals surface area contributed by atoms with E-state index in [1.165, 1.54) is 0 Å². The lowest BCUT2D eigenvalue weighted by molar-refractivity contribution is 0.0472. The highest BCUT2D eigenvalue weighted by Crippen LogP contribution is 2.12. The molecule has 0 aromatic heterocycles. The van der Waals surface area contributed by atoms with Crippen LogP contribution in [0.5, 0.6) is 0 Å². The molecule has 98 valence electrons. The highest BCUT2D eigenvalue weighted by Gasteiger charge is 2.09. The topological polar surface area (TPSA) is 46.5 Å². The molecule has 1 N–H and O–H groups in total. The van der Waals surface area contributed by atoms with Gasteiger partial charge in [0.1, 0.15) is 6.61 Å². The van der Waals surface area contributed by atoms with Crippen LogP contribution in [0, 0.1) is 6.92 Å². The van der Waals surface area contributed by atoms with E-state index in [-0.39, 0.29) is 19.2 Å². The fraction of sp³-hybridized carbons (Fsp3) is 0.188. The highest BCUT2D eigenvalue weighted by atomic mass is 16.5. The first-order valence-corrected chi connectivity index (χ1v) is 6.11. The van der Waals surface area contributed by atoms with Crippen LogP contribution in [0.1, 0.15) is 27.0 Å². The molecule has 0 fully saturated rings. The predicted molar refractivity (Wildman–Crippen MR) is 72.7 cm³/mol. The maximum absolute atomic E-state index is 11.9. The fourth-order valence-corrected chi connectivity index (χ4v) is 1.88. The van der Waals surface area contributed by atoms with Gasteiger partial charge in [-0.2, -0.15) is 0 Å². The van der Waals surface area contributed by atoms with Crippen molar-refractivity contribution >= 4 is 5.97 Å². The van der Waals surface area contributed by atoms with E-state index >= 15 is 0 Å². The Balaban J connectivity index is 2.06. The number of hydrogen-bond acceptors (Lipinski definition) is 3. The second kappa shape index (κ2) is 6.16. The Kier molecular flexibility index (Phi) is 4.31. The number of aliphatic hydroxyl groups excluding tert-OH is 1. The van der Waals surface area contributed by atoms with Crippen molar-refractivity contribution in [3.05, 3.63) is 70.8 Å². The van der Waals surface area contributed by atoms with Gasteiger partial charge < -0.3 is 9.84 Å². The summed E-state index contributed by atoms with van der Waals surface area (Å²) in [6.07, 6.45) is 0. The maximum Gasteiger partial charge on any atom is 0.338 e. The monoisotopic (exact) mass is 256 g/mol. The van der Waals surface area contributed by atoms with Gasteiger partial charge in [0.25, 0.3) is 0 Å². The SMILES string of the molecule is Cc1cc(CO)cc(C(=O)OCc2ccccc2)c1. The Labute approximate surface area is 112 Å². The normalized spacial score (nSPS) is 10.2. The Morgan fingerprint density at radius 1 is 1.11 bits per heavy atom. The average molecular weight is 256 g/mol. The first kappa shape index (κ1) is 13.3. The van der Waals surface area contributed by atoms with Crippen LogP contribution in [0.4, 0.5) is 0 Å². The van der Waals surface area contributed by atoms with Crippen LogP contribution in [0.15, 0.2) is 48.5 Å². The van der Waals surface area contributed by atoms with E-state index in [0.717, 1.165) is 11.1 Å². The van der Waals surface area contributed by atoms with Crippen LogP contribution in [0.3, 0.4) is 0 Å². The molecule has 0 heterocycles. The maximum atomic E-state index is 11.9. The number of aliphatic hydroxyl groups is 1. The van der Waals surface area contributed by atoms with Gasteiger partial charge in [-0.25, -0.2) is 4.79 Å². The smallest absolute Gasteiger partial charge is 0.338 e. The molecule has 3 heteroatoms. The molecule has 2 aromatic rings. The van der Waals surface area contributed by atoms with E-state index in [0.29, 0.717) is 11.1 Å². The Hall–Kier alpha value is -2.13. The summed E-state index contributed by atoms with van der Waals surface area (Å²) in [6, 6.07) is 14.8. The molecule has 2 rings (SSSR count). The molecule has 0 atom stereocenters. The molecule has 0 radical (unpaired) electrons. The molecule has 0 aliphatic rings. The number of carbonyl (C=O) groups excluding carboxylic acids is 1. The largest absolute Gasteiger partial charge is 0.457 e. The van der Waals surface area contributed by atoms with E-state index in [4.69, 9.17) is 9.84 Å². The highest BCUT2D eigenvalue weighted by molar-refractivity contribution is 5.89. The summed E-state index contributed by atoms with van der Waals surface area (Å²) >= 11 is 0. The van der Waals surface area contributed by atoms with E-state index < -0.39 is 0 Å². The number of hydrogen-bond donors (Lipinski definition) is 1. The van der Waals surface area contributed by atoms with Gasteiger partial charge in [-0.15, -0.1) is 0 Å². The van der Waals surface area contributed by atoms with Crippen LogP contribution in [-0.2, 0) is 18.0 Å². The lowest BCUT2D eigenvalue weighted by Crippen LogP contribution is -2.06. The molecule has 0 aliphatic heterocycles. The molecular formula is C16H16O3. The van der Waals surface area contributed by atoms with Gasteiger partial charge in [0.2, 0.25) is 0 Å². The molecule has 0 saturated carbocycles. The molecule has 0 bridgehead atoms. The zero-order chi connectivity index (χ0) is 13.7. The fourth-order valence-electron chi connectivity index (χ4n) is 1.88. The lowest BCUT2D eigenvalue weighted by Gasteiger charge is -2.07. The van der Waals surface area contributed by atoms with Crippen molar-refractivity contribution in [2.75, 3.05) is 0 Å². The summed E-state index contributed by atoms with van der Waals surface area (Å²) in [4.78, 5) is 11.9. The van der Waals surface area contributed by atoms with Gasteiger partial charge >= 0.3 is 5.97 Å². The van der Waals surface area contributed by atoms with Crippen LogP contribution in [-0.4, -0.2) is 11.1 Å². The molecule has 0 spiro atoms. The van der Waals surface area contributed by atoms with E-state index in [9.17, 15) is 4.79 Å². The molecule has 0 unspecified atom stereocenters. The van der Waals surface area contributed by atoms with Crippen LogP contribution >= 0.6 is 0 Å². The number of esters is 1. The van der Waals surface area contributed by atoms with Crippen molar-refractivity contribution < 1.29 is 14.6 Å². The molecule has 19 heavy (non-hydrogen) atoms. The van der Waals surface area contributed by atoms with Crippen molar-refractivity contribution in [1.29, 1.82) is 0 Å². The molecular weight excluding hydrogens is 240 g/mol. The van der Waals surface area contributed by atoms with Crippen molar-refractivity contribution in [2.24, 2.45) is 0 Å². The predicted octanol–water partition coefficient (Wildman–Crippen LogP) is 2.84. The summed E-state index contributed by atoms with van der Waals surface area (Å²) < 4.78 is 5.25. The van der Waals surface area contributed by atoms with Gasteiger partial charge in [-0.3, -0.25) is 0 Å². The number of ether oxygens (including phenoxy) is 1. The summed E-state index contributed by atoms with van der Waals surface area (Å²) in [5.41, 5.74) is 3.07. The summed E-state index contributed by atoms with van der Waals surface area (Å²) in [7, 11) is 0. The summed E-state index contributed by atoms with van der Waals surface area (Å²) in [5.74, 6) is -0.373. The third kappa shape index (κ3) is 3.66. The lowest BCUT2D eigenvalue weighted by atomic mass is 10.1. The third-order valence-corrected chi connectivity index (χ3v) is 2.77. The number of aryl methyl sites for hydroxylation is 1. The molecule has 0 amide bonds. The minimum atomic E-state index is -0.373. The minimum Gasteiger partial charge on any atom is -0.457 e. The van der Waals surface area contributed by atoms with Crippen LogP contribution < -0.4 is 0 Å². The van der Waals surface area contributed by atoms with Crippen molar-refractivity contribution in [2.45, 2.75) is 20.1 Å². The summed E-state index contributed by atoms with van der Waals surface area (Å²) in [5, 5.41) is 9.12. The first-order valence-electron chi connectivity index (χ1n) is 6.11. The van der Waals surface area contributed by atoms with Gasteiger partial charge in [0, 0.05) is 0 Å². The second-order valence-corrected chi connectivity index (χ2v) is 4.43. The Bertz CT molecular complexity index is 561. The number of rotatable bonds is 4. The summed E-state index contributed by atoms with van der Waals surface area (Å²) in [6.45, 7) is 2.05. The van der Waals surface area contributed by atoms with E-state index in [1.54, 1.807) is 12.1 Å². The van der Waals surface area contributed by atoms with Gasteiger partial charge in [-0.1, -0.05) is 36.4 Å². The zero-order valence-electron chi connectivity index (χ0n) is 10.8. The van der Waals surface area contributed by atoms with Crippen LogP contribution in [0.2, 0.25) is 0 Å². The van der Waals surface area contributed by atoms with Crippen molar-refractivity contribution in [3.8, 4) is 0 Å². The van der Waals surface area contributed by atoms with E-state index in [2.05, 4.69) is 0 Å². The second-order valence-electron chi connectivity index (χ2n) is 4.43. The number of benzene rings is 2. The molecule has 3 nitrogen and oxygen atoms in total. The quantitative estimate of drug-likeness (QED) is 0.856. The van der Waals surface area contributed by atoms with Gasteiger partial charge in [-0.05, 0) is 35.7 Å². The zero-order valence-corrected chi connectivity index (χ0v) is 10.8. The van der Waals surface area contributed by atoms with Gasteiger partial charge in [0.15, 0.2) is 0 Å². The molecule has 2 aromatic carbocycles. The molecule has 0 saturated heterocycles. The van der Waals surface area contributed by atoms with Crippen molar-refractivity contribution in [1.82, 2.24) is 0 Å². The first-order chi connectivity index (χ1) is 9.19. The van der Waals surface area contributed by atoms with Gasteiger partial charge in [0.05, 0.1) is 12.2 Å². The Morgan fingerprint density at radius 3 is 2.53 bits per heavy atom. The van der Waals surface area contributed by atoms with E-state index in [1.807, 2.05) is 43.3 Å². The average Bonchev–Trinajstić information content (AvgIpc) is 2.45. The number of carbonyl (C=O) groups is 1. The third-order valence-electron chi connectivity index (χ3n) is 2.77. The van der Waals surface area contributed by atoms with Crippen LogP contribution in [0.25, 0.3) is 0 Å². The minimum absolute atomic E-state index is 0.0827. The van der Waals surface area contributed by atoms with Crippen molar-refractivity contribution in [3.63, 3.8) is 0 Å². The molecule has 0 aliphatic carbocycles. The standard InChI is InChI=1S/C16H16O3/c1-12-7-14(10-17)9-15(8-12)16(18)19-11-13-5-3-2-4-6-13/h2-9,17H,10-11H2,1H3. The Morgan fingerprint density at radius 2 is 1.84 bits per heavy atom.